The van der Waals surface area contributed by atoms with E-state index in [9.17, 15) is 45.3 Å². The molecule has 2 aliphatic rings. The summed E-state index contributed by atoms with van der Waals surface area (Å²) < 4.78 is 21.5. The summed E-state index contributed by atoms with van der Waals surface area (Å²) >= 11 is 0. The van der Waals surface area contributed by atoms with Gasteiger partial charge < -0.3 is 54.7 Å². The van der Waals surface area contributed by atoms with Crippen molar-refractivity contribution >= 4 is 11.8 Å². The highest BCUT2D eigenvalue weighted by molar-refractivity contribution is 5.79. The lowest BCUT2D eigenvalue weighted by atomic mass is 9.91. The number of Topliss-reactive ketones (excluding diaryl/α,β-unsaturated/α-hetero) is 1. The van der Waals surface area contributed by atoms with Gasteiger partial charge in [0.05, 0.1) is 19.3 Å². The van der Waals surface area contributed by atoms with Crippen LogP contribution in [0.5, 0.6) is 0 Å². The third-order valence-electron chi connectivity index (χ3n) is 6.61. The Morgan fingerprint density at radius 2 is 1.42 bits per heavy atom. The zero-order chi connectivity index (χ0) is 27.8. The molecule has 0 unspecified atom stereocenters. The number of benzene rings is 1. The monoisotopic (exact) mass is 544 g/mol. The van der Waals surface area contributed by atoms with Crippen molar-refractivity contribution < 1.29 is 64.3 Å². The van der Waals surface area contributed by atoms with E-state index in [1.165, 1.54) is 0 Å². The van der Waals surface area contributed by atoms with E-state index < -0.39 is 80.4 Å². The second kappa shape index (κ2) is 14.4. The summed E-state index contributed by atoms with van der Waals surface area (Å²) in [4.78, 5) is 24.4. The Bertz CT molecular complexity index is 879. The van der Waals surface area contributed by atoms with Crippen LogP contribution >= 0.6 is 0 Å². The van der Waals surface area contributed by atoms with Crippen molar-refractivity contribution in [3.8, 4) is 0 Å². The SMILES string of the molecule is O=C(CCCC(=O)OCc1ccccc1)C[C@@H]1O[C@H](CO)[C@@H](O[C@@H]2O[C@H](CO)[C@H](O)[C@H](O)[C@H]2O)[C@H](O)[C@H]1O. The summed E-state index contributed by atoms with van der Waals surface area (Å²) in [6, 6.07) is 9.13. The topological polar surface area (TPSA) is 213 Å². The fourth-order valence-electron chi connectivity index (χ4n) is 4.40. The molecule has 1 aromatic carbocycles. The van der Waals surface area contributed by atoms with E-state index in [0.717, 1.165) is 5.56 Å². The Labute approximate surface area is 219 Å². The Balaban J connectivity index is 1.47. The van der Waals surface area contributed by atoms with E-state index in [1.54, 1.807) is 0 Å². The predicted molar refractivity (Wildman–Crippen MR) is 126 cm³/mol. The van der Waals surface area contributed by atoms with Gasteiger partial charge in [-0.25, -0.2) is 0 Å². The Morgan fingerprint density at radius 1 is 0.763 bits per heavy atom. The van der Waals surface area contributed by atoms with E-state index in [1.807, 2.05) is 30.3 Å². The number of esters is 1. The van der Waals surface area contributed by atoms with Crippen LogP contribution in [0.25, 0.3) is 0 Å². The van der Waals surface area contributed by atoms with Crippen LogP contribution in [0.15, 0.2) is 30.3 Å². The van der Waals surface area contributed by atoms with Crippen LogP contribution in [0, 0.1) is 0 Å². The molecule has 0 radical (unpaired) electrons. The molecule has 2 fully saturated rings. The molecular weight excluding hydrogens is 508 g/mol. The molecule has 0 amide bonds. The number of carbonyl (C=O) groups excluding carboxylic acids is 2. The molecular formula is C25H36O13. The molecule has 7 N–H and O–H groups in total. The van der Waals surface area contributed by atoms with Gasteiger partial charge in [-0.05, 0) is 12.0 Å². The zero-order valence-corrected chi connectivity index (χ0v) is 20.7. The molecule has 2 heterocycles. The molecule has 1 aromatic rings. The first-order chi connectivity index (χ1) is 18.2. The number of ether oxygens (including phenoxy) is 4. The highest BCUT2D eigenvalue weighted by Crippen LogP contribution is 2.30. The number of hydrogen-bond acceptors (Lipinski definition) is 13. The summed E-state index contributed by atoms with van der Waals surface area (Å²) in [6.45, 7) is -1.26. The Hall–Kier alpha value is -2.04. The van der Waals surface area contributed by atoms with Gasteiger partial charge in [0.25, 0.3) is 0 Å². The van der Waals surface area contributed by atoms with Crippen molar-refractivity contribution in [2.75, 3.05) is 13.2 Å². The molecule has 2 saturated heterocycles. The van der Waals surface area contributed by atoms with Crippen LogP contribution in [0.2, 0.25) is 0 Å². The van der Waals surface area contributed by atoms with Gasteiger partial charge >= 0.3 is 5.97 Å². The summed E-state index contributed by atoms with van der Waals surface area (Å²) in [5.74, 6) is -0.804. The van der Waals surface area contributed by atoms with Crippen LogP contribution in [0.1, 0.15) is 31.2 Å². The minimum absolute atomic E-state index is 0.00228. The zero-order valence-electron chi connectivity index (χ0n) is 20.7. The second-order valence-corrected chi connectivity index (χ2v) is 9.42. The maximum atomic E-state index is 12.4. The Kier molecular flexibility index (Phi) is 11.5. The van der Waals surface area contributed by atoms with Crippen molar-refractivity contribution in [3.63, 3.8) is 0 Å². The normalized spacial score (nSPS) is 35.6. The van der Waals surface area contributed by atoms with E-state index >= 15 is 0 Å². The summed E-state index contributed by atoms with van der Waals surface area (Å²) in [6.07, 6.45) is -15.3. The molecule has 0 aromatic heterocycles. The van der Waals surface area contributed by atoms with Gasteiger partial charge in [0.1, 0.15) is 61.2 Å². The first kappa shape index (κ1) is 30.5. The summed E-state index contributed by atoms with van der Waals surface area (Å²) in [5.41, 5.74) is 0.839. The van der Waals surface area contributed by atoms with E-state index in [-0.39, 0.29) is 38.1 Å². The first-order valence-electron chi connectivity index (χ1n) is 12.5. The number of aliphatic hydroxyl groups is 7. The van der Waals surface area contributed by atoms with Crippen molar-refractivity contribution in [1.29, 1.82) is 0 Å². The van der Waals surface area contributed by atoms with Gasteiger partial charge in [0, 0.05) is 19.3 Å². The van der Waals surface area contributed by atoms with Gasteiger partial charge in [-0.2, -0.15) is 0 Å². The molecule has 0 aliphatic carbocycles. The molecule has 0 bridgehead atoms. The van der Waals surface area contributed by atoms with E-state index in [2.05, 4.69) is 0 Å². The maximum Gasteiger partial charge on any atom is 0.306 e. The van der Waals surface area contributed by atoms with Crippen LogP contribution in [-0.2, 0) is 35.1 Å². The molecule has 3 rings (SSSR count). The number of aliphatic hydroxyl groups excluding tert-OH is 7. The summed E-state index contributed by atoms with van der Waals surface area (Å²) in [5, 5.41) is 70.3. The molecule has 10 atom stereocenters. The molecule has 0 spiro atoms. The number of hydrogen-bond donors (Lipinski definition) is 7. The molecule has 0 saturated carbocycles. The van der Waals surface area contributed by atoms with Gasteiger partial charge in [-0.15, -0.1) is 0 Å². The number of carbonyl (C=O) groups is 2. The van der Waals surface area contributed by atoms with Crippen LogP contribution in [0.4, 0.5) is 0 Å². The molecule has 2 aliphatic heterocycles. The van der Waals surface area contributed by atoms with Gasteiger partial charge in [-0.1, -0.05) is 30.3 Å². The average Bonchev–Trinajstić information content (AvgIpc) is 2.92. The Morgan fingerprint density at radius 3 is 2.08 bits per heavy atom. The lowest BCUT2D eigenvalue weighted by Crippen LogP contribution is -2.64. The van der Waals surface area contributed by atoms with Gasteiger partial charge in [-0.3, -0.25) is 9.59 Å². The van der Waals surface area contributed by atoms with E-state index in [0.29, 0.717) is 0 Å². The third kappa shape index (κ3) is 7.76. The van der Waals surface area contributed by atoms with Crippen LogP contribution in [0.3, 0.4) is 0 Å². The second-order valence-electron chi connectivity index (χ2n) is 9.42. The van der Waals surface area contributed by atoms with Crippen molar-refractivity contribution in [2.24, 2.45) is 0 Å². The van der Waals surface area contributed by atoms with Crippen molar-refractivity contribution in [2.45, 2.75) is 93.5 Å². The third-order valence-corrected chi connectivity index (χ3v) is 6.61. The maximum absolute atomic E-state index is 12.4. The molecule has 38 heavy (non-hydrogen) atoms. The molecule has 13 nitrogen and oxygen atoms in total. The minimum Gasteiger partial charge on any atom is -0.461 e. The molecule has 13 heteroatoms. The lowest BCUT2D eigenvalue weighted by Gasteiger charge is -2.46. The lowest BCUT2D eigenvalue weighted by molar-refractivity contribution is -0.341. The van der Waals surface area contributed by atoms with Crippen LogP contribution < -0.4 is 0 Å². The fraction of sp³-hybridized carbons (Fsp3) is 0.680. The van der Waals surface area contributed by atoms with Crippen LogP contribution in [-0.4, -0.2) is 122 Å². The first-order valence-corrected chi connectivity index (χ1v) is 12.5. The number of rotatable bonds is 12. The standard InChI is InChI=1S/C25H36O13/c26-10-16-20(31)21(32)23(34)25(37-16)38-24-17(11-27)36-15(19(30)22(24)33)9-14(28)7-4-8-18(29)35-12-13-5-2-1-3-6-13/h1-3,5-6,15-17,19-27,30-34H,4,7-12H2/t15-,16+,17+,19-,20-,21-,22+,23+,24+,25-/m0/s1. The largest absolute Gasteiger partial charge is 0.461 e. The predicted octanol–water partition coefficient (Wildman–Crippen LogP) is -2.47. The quantitative estimate of drug-likeness (QED) is 0.136. The van der Waals surface area contributed by atoms with Crippen molar-refractivity contribution in [1.82, 2.24) is 0 Å². The van der Waals surface area contributed by atoms with E-state index in [4.69, 9.17) is 18.9 Å². The van der Waals surface area contributed by atoms with Gasteiger partial charge in [0.2, 0.25) is 0 Å². The molecule has 214 valence electrons. The highest BCUT2D eigenvalue weighted by Gasteiger charge is 2.50. The highest BCUT2D eigenvalue weighted by atomic mass is 16.7. The average molecular weight is 545 g/mol. The minimum atomic E-state index is -1.77. The van der Waals surface area contributed by atoms with Gasteiger partial charge in [0.15, 0.2) is 6.29 Å². The summed E-state index contributed by atoms with van der Waals surface area (Å²) in [7, 11) is 0. The fourth-order valence-corrected chi connectivity index (χ4v) is 4.40. The van der Waals surface area contributed by atoms with Crippen molar-refractivity contribution in [3.05, 3.63) is 35.9 Å². The number of ketones is 1. The smallest absolute Gasteiger partial charge is 0.306 e.